The third-order valence-corrected chi connectivity index (χ3v) is 3.51. The summed E-state index contributed by atoms with van der Waals surface area (Å²) in [7, 11) is 4.09. The summed E-state index contributed by atoms with van der Waals surface area (Å²) in [4.78, 5) is 14.5. The second-order valence-corrected chi connectivity index (χ2v) is 7.54. The summed E-state index contributed by atoms with van der Waals surface area (Å²) in [5.41, 5.74) is 0.749. The molecule has 1 aromatic rings. The molecule has 20 heavy (non-hydrogen) atoms. The molecule has 4 nitrogen and oxygen atoms in total. The topological polar surface area (TPSA) is 37.3 Å². The molecule has 0 aromatic carbocycles. The van der Waals surface area contributed by atoms with E-state index in [1.807, 2.05) is 30.9 Å². The average molecular weight is 344 g/mol. The van der Waals surface area contributed by atoms with Crippen molar-refractivity contribution in [2.24, 2.45) is 5.41 Å². The van der Waals surface area contributed by atoms with Crippen LogP contribution in [0.3, 0.4) is 0 Å². The Balaban J connectivity index is 2.73. The van der Waals surface area contributed by atoms with E-state index in [1.165, 1.54) is 0 Å². The molecule has 1 amide bonds. The highest BCUT2D eigenvalue weighted by Gasteiger charge is 2.21. The number of aromatic nitrogens is 1. The standard InChI is InChI=1S/C15H26BrN3O/c1-11(2)19-8-12(16)7-13(19)14(20)17-9-15(3,4)10-18(5)6/h7-8,11H,9-10H2,1-6H3,(H,17,20). The fourth-order valence-electron chi connectivity index (χ4n) is 2.38. The molecule has 1 N–H and O–H groups in total. The highest BCUT2D eigenvalue weighted by atomic mass is 79.9. The Labute approximate surface area is 130 Å². The van der Waals surface area contributed by atoms with Gasteiger partial charge in [-0.15, -0.1) is 0 Å². The van der Waals surface area contributed by atoms with Gasteiger partial charge in [-0.1, -0.05) is 13.8 Å². The summed E-state index contributed by atoms with van der Waals surface area (Å²) >= 11 is 3.44. The molecule has 0 unspecified atom stereocenters. The summed E-state index contributed by atoms with van der Waals surface area (Å²) in [6.07, 6.45) is 1.95. The Bertz CT molecular complexity index is 464. The van der Waals surface area contributed by atoms with Gasteiger partial charge in [-0.05, 0) is 55.4 Å². The zero-order valence-electron chi connectivity index (χ0n) is 13.3. The smallest absolute Gasteiger partial charge is 0.267 e. The number of hydrogen-bond acceptors (Lipinski definition) is 2. The summed E-state index contributed by atoms with van der Waals surface area (Å²) in [6, 6.07) is 2.13. The molecule has 0 atom stereocenters. The van der Waals surface area contributed by atoms with Crippen molar-refractivity contribution in [1.29, 1.82) is 0 Å². The molecule has 0 aliphatic heterocycles. The van der Waals surface area contributed by atoms with Gasteiger partial charge in [0.2, 0.25) is 0 Å². The number of carbonyl (C=O) groups is 1. The summed E-state index contributed by atoms with van der Waals surface area (Å²) in [6.45, 7) is 10.0. The van der Waals surface area contributed by atoms with Crippen molar-refractivity contribution >= 4 is 21.8 Å². The van der Waals surface area contributed by atoms with E-state index < -0.39 is 0 Å². The van der Waals surface area contributed by atoms with Gasteiger partial charge in [0.1, 0.15) is 5.69 Å². The molecule has 0 fully saturated rings. The number of carbonyl (C=O) groups excluding carboxylic acids is 1. The minimum atomic E-state index is -0.0174. The number of rotatable bonds is 6. The molecule has 1 aromatic heterocycles. The maximum Gasteiger partial charge on any atom is 0.267 e. The van der Waals surface area contributed by atoms with Gasteiger partial charge in [0.15, 0.2) is 0 Å². The predicted molar refractivity (Wildman–Crippen MR) is 87.2 cm³/mol. The monoisotopic (exact) mass is 343 g/mol. The molecule has 0 saturated heterocycles. The van der Waals surface area contributed by atoms with Gasteiger partial charge in [0.25, 0.3) is 5.91 Å². The summed E-state index contributed by atoms with van der Waals surface area (Å²) in [5, 5.41) is 3.05. The van der Waals surface area contributed by atoms with E-state index >= 15 is 0 Å². The zero-order valence-corrected chi connectivity index (χ0v) is 14.9. The summed E-state index contributed by atoms with van der Waals surface area (Å²) in [5.74, 6) is -0.0174. The fraction of sp³-hybridized carbons (Fsp3) is 0.667. The minimum Gasteiger partial charge on any atom is -0.350 e. The minimum absolute atomic E-state index is 0.0174. The van der Waals surface area contributed by atoms with E-state index in [0.29, 0.717) is 12.2 Å². The first-order chi connectivity index (χ1) is 9.12. The molecule has 0 bridgehead atoms. The number of nitrogens with one attached hydrogen (secondary N) is 1. The normalized spacial score (nSPS) is 12.2. The molecule has 0 radical (unpaired) electrons. The second-order valence-electron chi connectivity index (χ2n) is 6.63. The van der Waals surface area contributed by atoms with Crippen molar-refractivity contribution in [3.8, 4) is 0 Å². The van der Waals surface area contributed by atoms with Crippen LogP contribution in [0.5, 0.6) is 0 Å². The third-order valence-electron chi connectivity index (χ3n) is 3.08. The van der Waals surface area contributed by atoms with Crippen molar-refractivity contribution in [3.63, 3.8) is 0 Å². The van der Waals surface area contributed by atoms with E-state index in [-0.39, 0.29) is 17.4 Å². The van der Waals surface area contributed by atoms with Crippen molar-refractivity contribution in [2.45, 2.75) is 33.7 Å². The molecule has 1 rings (SSSR count). The van der Waals surface area contributed by atoms with Crippen molar-refractivity contribution in [3.05, 3.63) is 22.4 Å². The third kappa shape index (κ3) is 4.94. The van der Waals surface area contributed by atoms with Crippen LogP contribution in [0.1, 0.15) is 44.2 Å². The van der Waals surface area contributed by atoms with Crippen LogP contribution in [0, 0.1) is 5.41 Å². The van der Waals surface area contributed by atoms with Gasteiger partial charge in [-0.25, -0.2) is 0 Å². The Hall–Kier alpha value is -0.810. The molecule has 5 heteroatoms. The average Bonchev–Trinajstić information content (AvgIpc) is 2.67. The van der Waals surface area contributed by atoms with E-state index in [1.54, 1.807) is 0 Å². The largest absolute Gasteiger partial charge is 0.350 e. The Kier molecular flexibility index (Phi) is 5.83. The number of halogens is 1. The molecule has 0 aliphatic carbocycles. The van der Waals surface area contributed by atoms with Crippen LogP contribution in [0.15, 0.2) is 16.7 Å². The van der Waals surface area contributed by atoms with Gasteiger partial charge in [0.05, 0.1) is 0 Å². The Morgan fingerprint density at radius 1 is 1.45 bits per heavy atom. The number of nitrogens with zero attached hydrogens (tertiary/aromatic N) is 2. The molecule has 0 spiro atoms. The number of amides is 1. The number of hydrogen-bond donors (Lipinski definition) is 1. The highest BCUT2D eigenvalue weighted by molar-refractivity contribution is 9.10. The Morgan fingerprint density at radius 3 is 2.55 bits per heavy atom. The lowest BCUT2D eigenvalue weighted by molar-refractivity contribution is 0.0918. The molecule has 0 saturated carbocycles. The van der Waals surface area contributed by atoms with Gasteiger partial charge < -0.3 is 14.8 Å². The zero-order chi connectivity index (χ0) is 15.5. The lowest BCUT2D eigenvalue weighted by atomic mass is 9.93. The lowest BCUT2D eigenvalue weighted by Crippen LogP contribution is -2.40. The van der Waals surface area contributed by atoms with Crippen LogP contribution in [0.2, 0.25) is 0 Å². The first kappa shape index (κ1) is 17.2. The molecular formula is C15H26BrN3O. The van der Waals surface area contributed by atoms with Crippen LogP contribution in [0.25, 0.3) is 0 Å². The molecule has 1 heterocycles. The van der Waals surface area contributed by atoms with Crippen LogP contribution in [-0.4, -0.2) is 42.6 Å². The van der Waals surface area contributed by atoms with Gasteiger partial charge in [0, 0.05) is 29.8 Å². The van der Waals surface area contributed by atoms with Crippen molar-refractivity contribution in [2.75, 3.05) is 27.2 Å². The highest BCUT2D eigenvalue weighted by Crippen LogP contribution is 2.20. The van der Waals surface area contributed by atoms with Crippen LogP contribution >= 0.6 is 15.9 Å². The molecule has 0 aliphatic rings. The van der Waals surface area contributed by atoms with E-state index in [4.69, 9.17) is 0 Å². The maximum absolute atomic E-state index is 12.3. The summed E-state index contributed by atoms with van der Waals surface area (Å²) < 4.78 is 2.92. The lowest BCUT2D eigenvalue weighted by Gasteiger charge is -2.28. The van der Waals surface area contributed by atoms with E-state index in [0.717, 1.165) is 11.0 Å². The Morgan fingerprint density at radius 2 is 2.05 bits per heavy atom. The van der Waals surface area contributed by atoms with Crippen LogP contribution < -0.4 is 5.32 Å². The maximum atomic E-state index is 12.3. The van der Waals surface area contributed by atoms with Crippen LogP contribution in [-0.2, 0) is 0 Å². The van der Waals surface area contributed by atoms with E-state index in [9.17, 15) is 4.79 Å². The van der Waals surface area contributed by atoms with Gasteiger partial charge in [-0.3, -0.25) is 4.79 Å². The first-order valence-electron chi connectivity index (χ1n) is 6.93. The fourth-order valence-corrected chi connectivity index (χ4v) is 2.81. The van der Waals surface area contributed by atoms with Crippen molar-refractivity contribution < 1.29 is 4.79 Å². The molecule has 114 valence electrons. The van der Waals surface area contributed by atoms with Gasteiger partial charge >= 0.3 is 0 Å². The van der Waals surface area contributed by atoms with Crippen LogP contribution in [0.4, 0.5) is 0 Å². The van der Waals surface area contributed by atoms with Crippen molar-refractivity contribution in [1.82, 2.24) is 14.8 Å². The molecular weight excluding hydrogens is 318 g/mol. The quantitative estimate of drug-likeness (QED) is 0.861. The first-order valence-corrected chi connectivity index (χ1v) is 7.72. The second kappa shape index (κ2) is 6.76. The predicted octanol–water partition coefficient (Wildman–Crippen LogP) is 3.15. The van der Waals surface area contributed by atoms with E-state index in [2.05, 4.69) is 53.8 Å². The SMILES string of the molecule is CC(C)n1cc(Br)cc1C(=O)NCC(C)(C)CN(C)C. The van der Waals surface area contributed by atoms with Gasteiger partial charge in [-0.2, -0.15) is 0 Å².